The summed E-state index contributed by atoms with van der Waals surface area (Å²) in [4.78, 5) is 0. The molecule has 0 aliphatic carbocycles. The molecule has 1 radical (unpaired) electrons. The topological polar surface area (TPSA) is 100 Å². The summed E-state index contributed by atoms with van der Waals surface area (Å²) in [6.07, 6.45) is 0. The maximum Gasteiger partial charge on any atom is 0.180 e. The molecule has 0 amide bonds. The van der Waals surface area contributed by atoms with Crippen molar-refractivity contribution < 1.29 is 17.1 Å². The first-order chi connectivity index (χ1) is 6.62. The number of hydrazine groups is 2. The summed E-state index contributed by atoms with van der Waals surface area (Å²) >= 11 is 9.21. The Morgan fingerprint density at radius 1 is 0.933 bits per heavy atom. The van der Waals surface area contributed by atoms with Gasteiger partial charge < -0.3 is 21.5 Å². The summed E-state index contributed by atoms with van der Waals surface area (Å²) in [6, 6.07) is 0. The monoisotopic (exact) mass is 301 g/mol. The summed E-state index contributed by atoms with van der Waals surface area (Å²) in [5, 5.41) is 6.56. The van der Waals surface area contributed by atoms with Crippen molar-refractivity contribution in [2.75, 3.05) is 13.1 Å². The standard InChI is InChI=1S/2C3H9N3S.Cu/c2*1-2-5-3(7)6-4;/h2*2,4H2,1H3,(H2,5,6,7);. The molecule has 0 atom stereocenters. The SMILES string of the molecule is CCNC(=S)NN.CCNC(=S)NN.[Cu]. The second-order valence-electron chi connectivity index (χ2n) is 2.01. The number of hydrogen-bond acceptors (Lipinski definition) is 4. The van der Waals surface area contributed by atoms with Crippen LogP contribution in [0.4, 0.5) is 0 Å². The number of nitrogens with one attached hydrogen (secondary N) is 4. The van der Waals surface area contributed by atoms with E-state index in [-0.39, 0.29) is 17.1 Å². The van der Waals surface area contributed by atoms with Crippen molar-refractivity contribution in [3.63, 3.8) is 0 Å². The van der Waals surface area contributed by atoms with Gasteiger partial charge in [-0.05, 0) is 38.3 Å². The first-order valence-electron chi connectivity index (χ1n) is 4.11. The summed E-state index contributed by atoms with van der Waals surface area (Å²) < 4.78 is 0. The van der Waals surface area contributed by atoms with Crippen LogP contribution < -0.4 is 33.2 Å². The molecule has 0 aliphatic rings. The second kappa shape index (κ2) is 16.3. The summed E-state index contributed by atoms with van der Waals surface area (Å²) in [6.45, 7) is 5.51. The van der Waals surface area contributed by atoms with Crippen LogP contribution in [-0.2, 0) is 17.1 Å². The van der Waals surface area contributed by atoms with E-state index in [4.69, 9.17) is 11.7 Å². The van der Waals surface area contributed by atoms with Gasteiger partial charge in [0, 0.05) is 30.2 Å². The van der Waals surface area contributed by atoms with Gasteiger partial charge in [0.2, 0.25) is 0 Å². The van der Waals surface area contributed by atoms with Gasteiger partial charge in [-0.25, -0.2) is 11.7 Å². The van der Waals surface area contributed by atoms with Crippen molar-refractivity contribution in [2.24, 2.45) is 11.7 Å². The Labute approximate surface area is 112 Å². The molecule has 8 N–H and O–H groups in total. The van der Waals surface area contributed by atoms with Gasteiger partial charge in [0.1, 0.15) is 0 Å². The van der Waals surface area contributed by atoms with Crippen LogP contribution in [0.25, 0.3) is 0 Å². The minimum atomic E-state index is 0. The van der Waals surface area contributed by atoms with Crippen LogP contribution in [0.5, 0.6) is 0 Å². The van der Waals surface area contributed by atoms with Crippen LogP contribution in [0.2, 0.25) is 0 Å². The number of thiocarbonyl (C=S) groups is 2. The zero-order valence-corrected chi connectivity index (χ0v) is 11.3. The molecule has 0 spiro atoms. The van der Waals surface area contributed by atoms with Crippen LogP contribution >= 0.6 is 24.4 Å². The molecule has 0 heterocycles. The van der Waals surface area contributed by atoms with E-state index in [9.17, 15) is 0 Å². The van der Waals surface area contributed by atoms with Gasteiger partial charge in [-0.1, -0.05) is 0 Å². The minimum Gasteiger partial charge on any atom is -0.362 e. The minimum absolute atomic E-state index is 0. The van der Waals surface area contributed by atoms with Crippen molar-refractivity contribution in [3.05, 3.63) is 0 Å². The van der Waals surface area contributed by atoms with Gasteiger partial charge in [-0.3, -0.25) is 0 Å². The Balaban J connectivity index is -0.000000180. The largest absolute Gasteiger partial charge is 0.362 e. The normalized spacial score (nSPS) is 7.20. The van der Waals surface area contributed by atoms with Crippen LogP contribution in [0.3, 0.4) is 0 Å². The van der Waals surface area contributed by atoms with Gasteiger partial charge in [-0.15, -0.1) is 0 Å². The molecule has 0 bridgehead atoms. The van der Waals surface area contributed by atoms with E-state index in [1.165, 1.54) is 0 Å². The maximum absolute atomic E-state index is 4.90. The molecule has 0 rings (SSSR count). The average Bonchev–Trinajstić information content (AvgIpc) is 2.19. The molecule has 15 heavy (non-hydrogen) atoms. The molecule has 0 saturated heterocycles. The third kappa shape index (κ3) is 20.0. The molecule has 0 aromatic carbocycles. The third-order valence-corrected chi connectivity index (χ3v) is 1.46. The molecule has 9 heteroatoms. The van der Waals surface area contributed by atoms with Crippen molar-refractivity contribution in [3.8, 4) is 0 Å². The van der Waals surface area contributed by atoms with Crippen molar-refractivity contribution in [1.82, 2.24) is 21.5 Å². The average molecular weight is 302 g/mol. The molecule has 0 unspecified atom stereocenters. The van der Waals surface area contributed by atoms with E-state index >= 15 is 0 Å². The Morgan fingerprint density at radius 3 is 1.27 bits per heavy atom. The molecule has 0 aromatic rings. The molecule has 0 aliphatic heterocycles. The number of nitrogens with two attached hydrogens (primary N) is 2. The fourth-order valence-corrected chi connectivity index (χ4v) is 0.712. The smallest absolute Gasteiger partial charge is 0.180 e. The van der Waals surface area contributed by atoms with Crippen LogP contribution in [0.15, 0.2) is 0 Å². The predicted molar refractivity (Wildman–Crippen MR) is 67.2 cm³/mol. The quantitative estimate of drug-likeness (QED) is 0.162. The third-order valence-electron chi connectivity index (χ3n) is 0.937. The van der Waals surface area contributed by atoms with Crippen molar-refractivity contribution in [1.29, 1.82) is 0 Å². The first-order valence-corrected chi connectivity index (χ1v) is 4.92. The Hall–Kier alpha value is -0.181. The van der Waals surface area contributed by atoms with E-state index < -0.39 is 0 Å². The van der Waals surface area contributed by atoms with Crippen molar-refractivity contribution in [2.45, 2.75) is 13.8 Å². The fourth-order valence-electron chi connectivity index (χ4n) is 0.423. The summed E-state index contributed by atoms with van der Waals surface area (Å²) in [5.41, 5.74) is 4.57. The molecular weight excluding hydrogens is 284 g/mol. The Morgan fingerprint density at radius 2 is 1.20 bits per heavy atom. The predicted octanol–water partition coefficient (Wildman–Crippen LogP) is -1.31. The Kier molecular flexibility index (Phi) is 22.0. The number of rotatable bonds is 2. The van der Waals surface area contributed by atoms with Gasteiger partial charge >= 0.3 is 0 Å². The zero-order chi connectivity index (χ0) is 11.4. The van der Waals surface area contributed by atoms with Gasteiger partial charge in [0.25, 0.3) is 0 Å². The molecule has 0 aromatic heterocycles. The van der Waals surface area contributed by atoms with E-state index in [0.29, 0.717) is 10.2 Å². The maximum atomic E-state index is 4.90. The molecule has 95 valence electrons. The summed E-state index contributed by atoms with van der Waals surface area (Å²) in [5.74, 6) is 9.81. The Bertz CT molecular complexity index is 150. The van der Waals surface area contributed by atoms with Crippen LogP contribution in [0.1, 0.15) is 13.8 Å². The molecule has 0 saturated carbocycles. The zero-order valence-electron chi connectivity index (χ0n) is 8.69. The van der Waals surface area contributed by atoms with E-state index in [1.807, 2.05) is 13.8 Å². The first kappa shape index (κ1) is 20.3. The van der Waals surface area contributed by atoms with E-state index in [1.54, 1.807) is 0 Å². The van der Waals surface area contributed by atoms with Gasteiger partial charge in [-0.2, -0.15) is 0 Å². The van der Waals surface area contributed by atoms with Crippen molar-refractivity contribution >= 4 is 34.7 Å². The fraction of sp³-hybridized carbons (Fsp3) is 0.667. The van der Waals surface area contributed by atoms with Crippen LogP contribution in [-0.4, -0.2) is 23.3 Å². The van der Waals surface area contributed by atoms with E-state index in [2.05, 4.69) is 45.9 Å². The summed E-state index contributed by atoms with van der Waals surface area (Å²) in [7, 11) is 0. The molecule has 0 fully saturated rings. The van der Waals surface area contributed by atoms with E-state index in [0.717, 1.165) is 13.1 Å². The van der Waals surface area contributed by atoms with Gasteiger partial charge in [0.05, 0.1) is 0 Å². The van der Waals surface area contributed by atoms with Gasteiger partial charge in [0.15, 0.2) is 10.2 Å². The number of hydrogen-bond donors (Lipinski definition) is 6. The molecule has 6 nitrogen and oxygen atoms in total. The molecular formula is C6H18CuN6S2. The van der Waals surface area contributed by atoms with Crippen LogP contribution in [0, 0.1) is 0 Å². The second-order valence-corrected chi connectivity index (χ2v) is 2.82.